The Bertz CT molecular complexity index is 303. The Labute approximate surface area is 107 Å². The molecule has 0 aliphatic carbocycles. The number of nitrogens with one attached hydrogen (secondary N) is 1. The quantitative estimate of drug-likeness (QED) is 0.618. The van der Waals surface area contributed by atoms with E-state index in [1.54, 1.807) is 0 Å². The summed E-state index contributed by atoms with van der Waals surface area (Å²) >= 11 is 1.83. The Morgan fingerprint density at radius 2 is 1.94 bits per heavy atom. The van der Waals surface area contributed by atoms with E-state index in [2.05, 4.69) is 36.5 Å². The van der Waals surface area contributed by atoms with Crippen LogP contribution in [0, 0.1) is 0 Å². The van der Waals surface area contributed by atoms with Crippen LogP contribution in [0.2, 0.25) is 0 Å². The molecule has 0 aliphatic heterocycles. The Kier molecular flexibility index (Phi) is 7.28. The van der Waals surface area contributed by atoms with Crippen LogP contribution in [0.1, 0.15) is 18.9 Å². The lowest BCUT2D eigenvalue weighted by atomic mass is 10.2. The van der Waals surface area contributed by atoms with Gasteiger partial charge in [-0.05, 0) is 29.9 Å². The molecule has 1 atom stereocenters. The molecule has 0 spiro atoms. The second kappa shape index (κ2) is 8.53. The average molecular weight is 255 g/mol. The van der Waals surface area contributed by atoms with Crippen molar-refractivity contribution < 1.29 is 10.2 Å². The van der Waals surface area contributed by atoms with E-state index in [0.717, 1.165) is 12.3 Å². The third-order valence-corrected chi connectivity index (χ3v) is 3.42. The van der Waals surface area contributed by atoms with E-state index in [0.29, 0.717) is 6.42 Å². The van der Waals surface area contributed by atoms with Crippen molar-refractivity contribution in [3.63, 3.8) is 0 Å². The van der Waals surface area contributed by atoms with Crippen molar-refractivity contribution in [2.45, 2.75) is 30.8 Å². The molecule has 0 aliphatic rings. The summed E-state index contributed by atoms with van der Waals surface area (Å²) in [7, 11) is 0. The van der Waals surface area contributed by atoms with Crippen LogP contribution in [0.5, 0.6) is 0 Å². The van der Waals surface area contributed by atoms with Crippen molar-refractivity contribution in [1.82, 2.24) is 5.32 Å². The minimum Gasteiger partial charge on any atom is -0.396 e. The maximum atomic E-state index is 9.07. The minimum absolute atomic E-state index is 0.0234. The van der Waals surface area contributed by atoms with E-state index in [1.165, 1.54) is 10.5 Å². The first-order valence-electron chi connectivity index (χ1n) is 5.97. The molecule has 1 rings (SSSR count). The topological polar surface area (TPSA) is 52.5 Å². The number of aliphatic hydroxyl groups is 2. The summed E-state index contributed by atoms with van der Waals surface area (Å²) in [6, 6.07) is 8.40. The van der Waals surface area contributed by atoms with Gasteiger partial charge in [0.1, 0.15) is 0 Å². The third-order valence-electron chi connectivity index (χ3n) is 2.53. The van der Waals surface area contributed by atoms with Gasteiger partial charge < -0.3 is 15.5 Å². The first-order valence-corrected chi connectivity index (χ1v) is 6.95. The van der Waals surface area contributed by atoms with Crippen molar-refractivity contribution in [3.8, 4) is 0 Å². The molecule has 0 bridgehead atoms. The molecular weight excluding hydrogens is 234 g/mol. The fourth-order valence-corrected chi connectivity index (χ4v) is 2.21. The standard InChI is InChI=1S/C13H21NO2S/c1-2-17-13-5-3-11(4-6-13)9-14-12(10-16)7-8-15/h3-6,12,14-16H,2,7-10H2,1H3. The van der Waals surface area contributed by atoms with E-state index < -0.39 is 0 Å². The fourth-order valence-electron chi connectivity index (χ4n) is 1.55. The summed E-state index contributed by atoms with van der Waals surface area (Å²) in [4.78, 5) is 1.28. The number of aliphatic hydroxyl groups excluding tert-OH is 2. The Balaban J connectivity index is 2.40. The molecule has 0 saturated heterocycles. The van der Waals surface area contributed by atoms with Gasteiger partial charge in [0.25, 0.3) is 0 Å². The number of hydrogen-bond acceptors (Lipinski definition) is 4. The predicted octanol–water partition coefficient (Wildman–Crippen LogP) is 1.63. The highest BCUT2D eigenvalue weighted by molar-refractivity contribution is 7.99. The van der Waals surface area contributed by atoms with E-state index in [-0.39, 0.29) is 19.3 Å². The molecular formula is C13H21NO2S. The van der Waals surface area contributed by atoms with Crippen LogP contribution in [-0.2, 0) is 6.54 Å². The van der Waals surface area contributed by atoms with Crippen molar-refractivity contribution >= 4 is 11.8 Å². The molecule has 1 aromatic rings. The first-order chi connectivity index (χ1) is 8.30. The van der Waals surface area contributed by atoms with Gasteiger partial charge in [-0.1, -0.05) is 19.1 Å². The summed E-state index contributed by atoms with van der Waals surface area (Å²) in [6.45, 7) is 3.03. The molecule has 0 radical (unpaired) electrons. The van der Waals surface area contributed by atoms with Crippen LogP contribution in [0.25, 0.3) is 0 Å². The summed E-state index contributed by atoms with van der Waals surface area (Å²) in [5.74, 6) is 1.08. The lowest BCUT2D eigenvalue weighted by molar-refractivity contribution is 0.200. The molecule has 1 unspecified atom stereocenters. The Hall–Kier alpha value is -0.550. The molecule has 1 aromatic carbocycles. The maximum absolute atomic E-state index is 9.07. The zero-order chi connectivity index (χ0) is 12.5. The molecule has 4 heteroatoms. The summed E-state index contributed by atoms with van der Waals surface area (Å²) in [5.41, 5.74) is 1.20. The van der Waals surface area contributed by atoms with E-state index in [9.17, 15) is 0 Å². The van der Waals surface area contributed by atoms with Crippen LogP contribution in [-0.4, -0.2) is 35.2 Å². The zero-order valence-corrected chi connectivity index (χ0v) is 11.0. The molecule has 0 aromatic heterocycles. The van der Waals surface area contributed by atoms with E-state index >= 15 is 0 Å². The molecule has 3 nitrogen and oxygen atoms in total. The van der Waals surface area contributed by atoms with Crippen LogP contribution in [0.3, 0.4) is 0 Å². The third kappa shape index (κ3) is 5.55. The minimum atomic E-state index is -0.0234. The number of thioether (sulfide) groups is 1. The van der Waals surface area contributed by atoms with Crippen molar-refractivity contribution in [1.29, 1.82) is 0 Å². The number of hydrogen-bond donors (Lipinski definition) is 3. The van der Waals surface area contributed by atoms with Crippen molar-refractivity contribution in [2.24, 2.45) is 0 Å². The van der Waals surface area contributed by atoms with Gasteiger partial charge in [-0.25, -0.2) is 0 Å². The fraction of sp³-hybridized carbons (Fsp3) is 0.538. The summed E-state index contributed by atoms with van der Waals surface area (Å²) in [5, 5.41) is 21.1. The van der Waals surface area contributed by atoms with Gasteiger partial charge in [0.15, 0.2) is 0 Å². The van der Waals surface area contributed by atoms with Crippen molar-refractivity contribution in [2.75, 3.05) is 19.0 Å². The summed E-state index contributed by atoms with van der Waals surface area (Å²) in [6.07, 6.45) is 0.584. The maximum Gasteiger partial charge on any atom is 0.0585 e. The van der Waals surface area contributed by atoms with Gasteiger partial charge in [-0.15, -0.1) is 11.8 Å². The second-order valence-corrected chi connectivity index (χ2v) is 5.19. The van der Waals surface area contributed by atoms with Gasteiger partial charge >= 0.3 is 0 Å². The van der Waals surface area contributed by atoms with Crippen LogP contribution < -0.4 is 5.32 Å². The number of benzene rings is 1. The highest BCUT2D eigenvalue weighted by Gasteiger charge is 2.05. The van der Waals surface area contributed by atoms with Gasteiger partial charge in [0, 0.05) is 24.1 Å². The molecule has 0 heterocycles. The molecule has 3 N–H and O–H groups in total. The average Bonchev–Trinajstić information content (AvgIpc) is 2.36. The molecule has 96 valence electrons. The largest absolute Gasteiger partial charge is 0.396 e. The molecule has 0 saturated carbocycles. The SMILES string of the molecule is CCSc1ccc(CNC(CO)CCO)cc1. The predicted molar refractivity (Wildman–Crippen MR) is 72.3 cm³/mol. The van der Waals surface area contributed by atoms with Crippen LogP contribution in [0.4, 0.5) is 0 Å². The normalized spacial score (nSPS) is 12.6. The van der Waals surface area contributed by atoms with E-state index in [1.807, 2.05) is 11.8 Å². The molecule has 0 fully saturated rings. The number of rotatable bonds is 8. The highest BCUT2D eigenvalue weighted by Crippen LogP contribution is 2.17. The molecule has 17 heavy (non-hydrogen) atoms. The smallest absolute Gasteiger partial charge is 0.0585 e. The summed E-state index contributed by atoms with van der Waals surface area (Å²) < 4.78 is 0. The second-order valence-electron chi connectivity index (χ2n) is 3.85. The lowest BCUT2D eigenvalue weighted by Gasteiger charge is -2.15. The lowest BCUT2D eigenvalue weighted by Crippen LogP contribution is -2.32. The molecule has 0 amide bonds. The van der Waals surface area contributed by atoms with Gasteiger partial charge in [-0.3, -0.25) is 0 Å². The van der Waals surface area contributed by atoms with Gasteiger partial charge in [0.05, 0.1) is 6.61 Å². The van der Waals surface area contributed by atoms with E-state index in [4.69, 9.17) is 10.2 Å². The highest BCUT2D eigenvalue weighted by atomic mass is 32.2. The van der Waals surface area contributed by atoms with Gasteiger partial charge in [-0.2, -0.15) is 0 Å². The Morgan fingerprint density at radius 3 is 2.47 bits per heavy atom. The zero-order valence-electron chi connectivity index (χ0n) is 10.2. The van der Waals surface area contributed by atoms with Crippen LogP contribution in [0.15, 0.2) is 29.2 Å². The van der Waals surface area contributed by atoms with Crippen molar-refractivity contribution in [3.05, 3.63) is 29.8 Å². The monoisotopic (exact) mass is 255 g/mol. The van der Waals surface area contributed by atoms with Crippen LogP contribution >= 0.6 is 11.8 Å². The first kappa shape index (κ1) is 14.5. The Morgan fingerprint density at radius 1 is 1.24 bits per heavy atom. The van der Waals surface area contributed by atoms with Gasteiger partial charge in [0.2, 0.25) is 0 Å².